The first kappa shape index (κ1) is 37.4. The Morgan fingerprint density at radius 1 is 1.08 bits per heavy atom. The van der Waals surface area contributed by atoms with Gasteiger partial charge < -0.3 is 61.6 Å². The van der Waals surface area contributed by atoms with Crippen molar-refractivity contribution in [2.75, 3.05) is 33.1 Å². The summed E-state index contributed by atoms with van der Waals surface area (Å²) < 4.78 is 17.2. The third kappa shape index (κ3) is 7.33. The Bertz CT molecular complexity index is 1820. The van der Waals surface area contributed by atoms with Crippen LogP contribution >= 0.6 is 0 Å². The maximum Gasteiger partial charge on any atom is 0.229 e. The second kappa shape index (κ2) is 15.6. The van der Waals surface area contributed by atoms with E-state index in [1.807, 2.05) is 0 Å². The standard InChI is InChI=1S/C35H43N5O11/c1-38-34(37)40-15-22-18(5-3-4-10-41)12-20-27(29(22)44)30(45)26-21(28(20)43)13-19(49-2)14-23(26)50-33-31(46)32(47)35(48,24(16-42)51-33)8-6-17-7-9-39-25(36)11-17/h7,9,11-14,24,31-33,41-42,44,46-48H,3-6,8,10,15-16H2,1-2H3,(H2,36,39)(H3,37,38,40)/t24-,31-,32-,33-,35-/m1/s1. The number of phenols is 1. The number of hydrogen-bond acceptors (Lipinski definition) is 14. The normalized spacial score (nSPS) is 23.1. The SMILES string of the molecule is CN=C(N)NCc1c(CCCCO)cc2c(c1O)C(=O)c1c(O[C@@H]3O[C@H](CO)[C@](O)(CCc4ccnc(N)c4)[C@H](O)[C@H]3O)cc(OC)cc1C2=O. The number of phenolic OH excluding ortho intramolecular Hbond substituents is 1. The lowest BCUT2D eigenvalue weighted by Gasteiger charge is -2.47. The van der Waals surface area contributed by atoms with E-state index >= 15 is 0 Å². The van der Waals surface area contributed by atoms with E-state index in [-0.39, 0.29) is 71.5 Å². The molecule has 16 heteroatoms. The number of ether oxygens (including phenoxy) is 3. The first-order chi connectivity index (χ1) is 24.4. The van der Waals surface area contributed by atoms with Crippen LogP contribution in [0.4, 0.5) is 5.82 Å². The van der Waals surface area contributed by atoms with Crippen LogP contribution in [0.1, 0.15) is 67.8 Å². The second-order valence-corrected chi connectivity index (χ2v) is 12.4. The Morgan fingerprint density at radius 2 is 1.82 bits per heavy atom. The molecule has 1 aromatic heterocycles. The van der Waals surface area contributed by atoms with E-state index in [1.54, 1.807) is 12.1 Å². The van der Waals surface area contributed by atoms with E-state index in [1.165, 1.54) is 38.6 Å². The van der Waals surface area contributed by atoms with Crippen LogP contribution in [0.15, 0.2) is 41.5 Å². The molecular weight excluding hydrogens is 666 g/mol. The fourth-order valence-electron chi connectivity index (χ4n) is 6.49. The maximum absolute atomic E-state index is 14.3. The zero-order valence-electron chi connectivity index (χ0n) is 28.2. The predicted octanol–water partition coefficient (Wildman–Crippen LogP) is -0.316. The maximum atomic E-state index is 14.3. The molecule has 0 saturated carbocycles. The molecule has 0 spiro atoms. The Morgan fingerprint density at radius 3 is 2.49 bits per heavy atom. The lowest BCUT2D eigenvalue weighted by atomic mass is 9.79. The fourth-order valence-corrected chi connectivity index (χ4v) is 6.49. The highest BCUT2D eigenvalue weighted by molar-refractivity contribution is 6.30. The van der Waals surface area contributed by atoms with Crippen LogP contribution in [-0.2, 0) is 24.1 Å². The van der Waals surface area contributed by atoms with Crippen LogP contribution in [0.25, 0.3) is 0 Å². The number of aliphatic hydroxyl groups excluding tert-OH is 4. The largest absolute Gasteiger partial charge is 0.507 e. The number of ketones is 2. The van der Waals surface area contributed by atoms with Gasteiger partial charge >= 0.3 is 0 Å². The van der Waals surface area contributed by atoms with E-state index in [9.17, 15) is 40.2 Å². The summed E-state index contributed by atoms with van der Waals surface area (Å²) in [5, 5.41) is 67.8. The monoisotopic (exact) mass is 709 g/mol. The highest BCUT2D eigenvalue weighted by atomic mass is 16.7. The number of carbonyl (C=O) groups is 2. The van der Waals surface area contributed by atoms with Gasteiger partial charge in [-0.25, -0.2) is 4.98 Å². The van der Waals surface area contributed by atoms with Gasteiger partial charge in [0.05, 0.1) is 24.8 Å². The summed E-state index contributed by atoms with van der Waals surface area (Å²) in [5.41, 5.74) is 10.2. The number of nitrogens with two attached hydrogens (primary N) is 2. The number of rotatable bonds is 13. The minimum atomic E-state index is -2.14. The van der Waals surface area contributed by atoms with Crippen LogP contribution < -0.4 is 26.3 Å². The summed E-state index contributed by atoms with van der Waals surface area (Å²) in [7, 11) is 2.80. The first-order valence-corrected chi connectivity index (χ1v) is 16.4. The number of nitrogens with zero attached hydrogens (tertiary/aromatic N) is 2. The molecule has 1 aliphatic carbocycles. The van der Waals surface area contributed by atoms with Crippen molar-refractivity contribution in [1.29, 1.82) is 0 Å². The number of aryl methyl sites for hydroxylation is 2. The van der Waals surface area contributed by atoms with Gasteiger partial charge in [-0.15, -0.1) is 0 Å². The molecule has 2 heterocycles. The molecule has 0 unspecified atom stereocenters. The molecule has 0 radical (unpaired) electrons. The lowest BCUT2D eigenvalue weighted by Crippen LogP contribution is -2.68. The second-order valence-electron chi connectivity index (χ2n) is 12.4. The van der Waals surface area contributed by atoms with Crippen molar-refractivity contribution in [2.45, 2.75) is 68.9 Å². The highest BCUT2D eigenvalue weighted by Gasteiger charge is 2.55. The number of hydrogen-bond donors (Lipinski definition) is 9. The number of unbranched alkanes of at least 4 members (excludes halogenated alkanes) is 1. The molecule has 51 heavy (non-hydrogen) atoms. The van der Waals surface area contributed by atoms with Crippen molar-refractivity contribution in [2.24, 2.45) is 10.7 Å². The van der Waals surface area contributed by atoms with Crippen LogP contribution in [0, 0.1) is 0 Å². The van der Waals surface area contributed by atoms with Gasteiger partial charge in [0.2, 0.25) is 12.1 Å². The minimum absolute atomic E-state index is 0.0307. The minimum Gasteiger partial charge on any atom is -0.507 e. The number of fused-ring (bicyclic) bond motifs is 2. The molecular formula is C35H43N5O11. The zero-order chi connectivity index (χ0) is 37.0. The number of aromatic hydroxyl groups is 1. The highest BCUT2D eigenvalue weighted by Crippen LogP contribution is 2.43. The Balaban J connectivity index is 1.51. The summed E-state index contributed by atoms with van der Waals surface area (Å²) in [6, 6.07) is 7.40. The number of nitrogens with one attached hydrogen (secondary N) is 1. The third-order valence-corrected chi connectivity index (χ3v) is 9.33. The molecule has 5 rings (SSSR count). The summed E-state index contributed by atoms with van der Waals surface area (Å²) in [5.74, 6) is -1.72. The molecule has 0 amide bonds. The lowest BCUT2D eigenvalue weighted by molar-refractivity contribution is -0.314. The van der Waals surface area contributed by atoms with Crippen LogP contribution in [-0.4, -0.2) is 111 Å². The molecule has 16 nitrogen and oxygen atoms in total. The number of guanidine groups is 1. The number of aliphatic hydroxyl groups is 5. The average Bonchev–Trinajstić information content (AvgIpc) is 3.12. The molecule has 2 aliphatic rings. The van der Waals surface area contributed by atoms with Gasteiger partial charge in [-0.1, -0.05) is 0 Å². The van der Waals surface area contributed by atoms with Gasteiger partial charge in [-0.05, 0) is 67.5 Å². The van der Waals surface area contributed by atoms with Crippen molar-refractivity contribution in [3.8, 4) is 17.2 Å². The van der Waals surface area contributed by atoms with Gasteiger partial charge in [-0.2, -0.15) is 0 Å². The average molecular weight is 710 g/mol. The number of methoxy groups -OCH3 is 1. The first-order valence-electron chi connectivity index (χ1n) is 16.4. The van der Waals surface area contributed by atoms with E-state index in [2.05, 4.69) is 15.3 Å². The smallest absolute Gasteiger partial charge is 0.229 e. The number of anilines is 1. The molecule has 5 atom stereocenters. The number of carbonyl (C=O) groups excluding carboxylic acids is 2. The number of pyridine rings is 1. The van der Waals surface area contributed by atoms with Crippen LogP contribution in [0.3, 0.4) is 0 Å². The molecule has 274 valence electrons. The van der Waals surface area contributed by atoms with Gasteiger partial charge in [-0.3, -0.25) is 14.6 Å². The van der Waals surface area contributed by atoms with Gasteiger partial charge in [0, 0.05) is 49.2 Å². The topological polar surface area (TPSA) is 273 Å². The third-order valence-electron chi connectivity index (χ3n) is 9.33. The summed E-state index contributed by atoms with van der Waals surface area (Å²) in [6.45, 7) is -0.863. The van der Waals surface area contributed by atoms with Crippen molar-refractivity contribution >= 4 is 23.3 Å². The van der Waals surface area contributed by atoms with E-state index < -0.39 is 54.1 Å². The molecule has 11 N–H and O–H groups in total. The number of aliphatic imine (C=N–C) groups is 1. The van der Waals surface area contributed by atoms with Crippen LogP contribution in [0.2, 0.25) is 0 Å². The number of aromatic nitrogens is 1. The molecule has 1 aliphatic heterocycles. The fraction of sp³-hybridized carbons (Fsp3) is 0.429. The summed E-state index contributed by atoms with van der Waals surface area (Å²) in [6.07, 6.45) is -4.12. The molecule has 1 saturated heterocycles. The Hall–Kier alpha value is -4.84. The van der Waals surface area contributed by atoms with Crippen molar-refractivity contribution < 1.29 is 54.4 Å². The van der Waals surface area contributed by atoms with E-state index in [0.29, 0.717) is 36.0 Å². The van der Waals surface area contributed by atoms with E-state index in [0.717, 1.165) is 0 Å². The van der Waals surface area contributed by atoms with Crippen LogP contribution in [0.5, 0.6) is 17.2 Å². The molecule has 0 bridgehead atoms. The van der Waals surface area contributed by atoms with Gasteiger partial charge in [0.1, 0.15) is 47.0 Å². The van der Waals surface area contributed by atoms with Crippen molar-refractivity contribution in [1.82, 2.24) is 10.3 Å². The molecule has 3 aromatic rings. The van der Waals surface area contributed by atoms with Gasteiger partial charge in [0.25, 0.3) is 0 Å². The van der Waals surface area contributed by atoms with Gasteiger partial charge in [0.15, 0.2) is 11.7 Å². The van der Waals surface area contributed by atoms with Crippen molar-refractivity contribution in [3.63, 3.8) is 0 Å². The summed E-state index contributed by atoms with van der Waals surface area (Å²) in [4.78, 5) is 36.1. The quantitative estimate of drug-likeness (QED) is 0.0489. The number of benzene rings is 2. The Labute approximate surface area is 293 Å². The predicted molar refractivity (Wildman–Crippen MR) is 183 cm³/mol. The molecule has 1 fully saturated rings. The molecule has 2 aromatic carbocycles. The summed E-state index contributed by atoms with van der Waals surface area (Å²) >= 11 is 0. The van der Waals surface area contributed by atoms with Crippen molar-refractivity contribution in [3.05, 3.63) is 75.5 Å². The Kier molecular flexibility index (Phi) is 11.4. The van der Waals surface area contributed by atoms with E-state index in [4.69, 9.17) is 25.7 Å². The zero-order valence-corrected chi connectivity index (χ0v) is 28.2. The number of nitrogen functional groups attached to an aromatic ring is 1.